The molecule has 1 amide bonds. The summed E-state index contributed by atoms with van der Waals surface area (Å²) in [7, 11) is 1.47. The number of halogens is 2. The zero-order chi connectivity index (χ0) is 15.5. The highest BCUT2D eigenvalue weighted by Crippen LogP contribution is 2.34. The minimum atomic E-state index is -0.555. The average Bonchev–Trinajstić information content (AvgIpc) is 2.46. The van der Waals surface area contributed by atoms with Crippen LogP contribution in [0.15, 0.2) is 18.2 Å². The van der Waals surface area contributed by atoms with Gasteiger partial charge in [-0.3, -0.25) is 4.79 Å². The number of hydrogen-bond donors (Lipinski definition) is 1. The predicted molar refractivity (Wildman–Crippen MR) is 84.6 cm³/mol. The number of alkyl halides is 1. The van der Waals surface area contributed by atoms with Gasteiger partial charge in [-0.25, -0.2) is 4.39 Å². The van der Waals surface area contributed by atoms with Crippen molar-refractivity contribution < 1.29 is 13.9 Å². The molecule has 5 heteroatoms. The van der Waals surface area contributed by atoms with Crippen molar-refractivity contribution in [2.24, 2.45) is 5.92 Å². The Morgan fingerprint density at radius 1 is 1.57 bits per heavy atom. The molecule has 2 atom stereocenters. The molecule has 2 unspecified atom stereocenters. The highest BCUT2D eigenvalue weighted by atomic mass is 79.9. The summed E-state index contributed by atoms with van der Waals surface area (Å²) in [5.74, 6) is 0.0620. The van der Waals surface area contributed by atoms with E-state index in [-0.39, 0.29) is 17.0 Å². The minimum absolute atomic E-state index is 0.0642. The van der Waals surface area contributed by atoms with Crippen LogP contribution in [0.5, 0.6) is 5.75 Å². The Morgan fingerprint density at radius 3 is 2.90 bits per heavy atom. The van der Waals surface area contributed by atoms with Gasteiger partial charge in [0.2, 0.25) is 0 Å². The van der Waals surface area contributed by atoms with Gasteiger partial charge in [0.15, 0.2) is 0 Å². The van der Waals surface area contributed by atoms with Crippen molar-refractivity contribution in [3.8, 4) is 5.75 Å². The standard InChI is InChI=1S/C16H21BrFNO2/c1-11-4-3-7-16(9-11,10-17)19-15(20)13-6-5-12(21-2)8-14(13)18/h5-6,8,11H,3-4,7,9-10H2,1-2H3,(H,19,20). The van der Waals surface area contributed by atoms with Gasteiger partial charge in [0, 0.05) is 11.4 Å². The smallest absolute Gasteiger partial charge is 0.254 e. The van der Waals surface area contributed by atoms with E-state index < -0.39 is 5.82 Å². The van der Waals surface area contributed by atoms with Gasteiger partial charge in [-0.1, -0.05) is 35.7 Å². The highest BCUT2D eigenvalue weighted by molar-refractivity contribution is 9.09. The van der Waals surface area contributed by atoms with E-state index in [1.54, 1.807) is 6.07 Å². The molecule has 1 aliphatic rings. The Kier molecular flexibility index (Phi) is 5.25. The topological polar surface area (TPSA) is 38.3 Å². The number of carbonyl (C=O) groups excluding carboxylic acids is 1. The fourth-order valence-corrected chi connectivity index (χ4v) is 3.69. The second-order valence-corrected chi connectivity index (χ2v) is 6.48. The summed E-state index contributed by atoms with van der Waals surface area (Å²) in [4.78, 5) is 12.4. The van der Waals surface area contributed by atoms with Crippen molar-refractivity contribution in [2.75, 3.05) is 12.4 Å². The molecule has 1 N–H and O–H groups in total. The number of ether oxygens (including phenoxy) is 1. The number of carbonyl (C=O) groups is 1. The molecule has 1 aromatic rings. The summed E-state index contributed by atoms with van der Waals surface area (Å²) in [6.07, 6.45) is 4.10. The van der Waals surface area contributed by atoms with Gasteiger partial charge in [0.1, 0.15) is 11.6 Å². The predicted octanol–water partition coefficient (Wildman–Crippen LogP) is 3.91. The lowest BCUT2D eigenvalue weighted by atomic mass is 9.77. The third-order valence-electron chi connectivity index (χ3n) is 4.15. The Balaban J connectivity index is 2.16. The van der Waals surface area contributed by atoms with E-state index in [2.05, 4.69) is 28.2 Å². The fourth-order valence-electron chi connectivity index (χ4n) is 3.04. The first-order valence-corrected chi connectivity index (χ1v) is 8.34. The van der Waals surface area contributed by atoms with Crippen LogP contribution in [0.1, 0.15) is 43.0 Å². The fraction of sp³-hybridized carbons (Fsp3) is 0.562. The van der Waals surface area contributed by atoms with Crippen LogP contribution in [0.4, 0.5) is 4.39 Å². The molecular formula is C16H21BrFNO2. The lowest BCUT2D eigenvalue weighted by molar-refractivity contribution is 0.0865. The summed E-state index contributed by atoms with van der Waals surface area (Å²) in [6.45, 7) is 2.19. The summed E-state index contributed by atoms with van der Waals surface area (Å²) in [5, 5.41) is 3.73. The molecule has 1 fully saturated rings. The van der Waals surface area contributed by atoms with Crippen LogP contribution in [0.25, 0.3) is 0 Å². The molecule has 1 aliphatic carbocycles. The number of hydrogen-bond acceptors (Lipinski definition) is 2. The summed E-state index contributed by atoms with van der Waals surface area (Å²) >= 11 is 3.51. The van der Waals surface area contributed by atoms with Gasteiger partial charge in [-0.05, 0) is 30.9 Å². The SMILES string of the molecule is COc1ccc(C(=O)NC2(CBr)CCCC(C)C2)c(F)c1. The molecule has 0 aliphatic heterocycles. The van der Waals surface area contributed by atoms with Crippen LogP contribution >= 0.6 is 15.9 Å². The number of nitrogens with one attached hydrogen (secondary N) is 1. The van der Waals surface area contributed by atoms with Crippen LogP contribution in [0.3, 0.4) is 0 Å². The molecule has 0 spiro atoms. The molecule has 0 aromatic heterocycles. The number of rotatable bonds is 4. The number of methoxy groups -OCH3 is 1. The first-order valence-electron chi connectivity index (χ1n) is 7.22. The lowest BCUT2D eigenvalue weighted by Crippen LogP contribution is -2.52. The lowest BCUT2D eigenvalue weighted by Gasteiger charge is -2.39. The van der Waals surface area contributed by atoms with Gasteiger partial charge in [0.05, 0.1) is 18.2 Å². The molecule has 0 radical (unpaired) electrons. The van der Waals surface area contributed by atoms with Crippen molar-refractivity contribution in [1.29, 1.82) is 0 Å². The molecule has 1 aromatic carbocycles. The van der Waals surface area contributed by atoms with Gasteiger partial charge < -0.3 is 10.1 Å². The molecule has 1 saturated carbocycles. The molecule has 21 heavy (non-hydrogen) atoms. The molecule has 116 valence electrons. The quantitative estimate of drug-likeness (QED) is 0.829. The highest BCUT2D eigenvalue weighted by Gasteiger charge is 2.36. The van der Waals surface area contributed by atoms with Crippen LogP contribution in [-0.4, -0.2) is 23.9 Å². The molecule has 0 saturated heterocycles. The maximum Gasteiger partial charge on any atom is 0.254 e. The maximum absolute atomic E-state index is 14.0. The van der Waals surface area contributed by atoms with E-state index in [1.165, 1.54) is 25.7 Å². The molecule has 0 bridgehead atoms. The third-order valence-corrected chi connectivity index (χ3v) is 5.22. The normalized spacial score (nSPS) is 25.4. The first-order chi connectivity index (χ1) is 9.99. The largest absolute Gasteiger partial charge is 0.497 e. The Morgan fingerprint density at radius 2 is 2.33 bits per heavy atom. The van der Waals surface area contributed by atoms with E-state index in [0.717, 1.165) is 19.3 Å². The van der Waals surface area contributed by atoms with Crippen LogP contribution in [0.2, 0.25) is 0 Å². The first kappa shape index (κ1) is 16.3. The van der Waals surface area contributed by atoms with E-state index in [1.807, 2.05) is 0 Å². The minimum Gasteiger partial charge on any atom is -0.497 e. The summed E-state index contributed by atoms with van der Waals surface area (Å²) in [6, 6.07) is 4.30. The second-order valence-electron chi connectivity index (χ2n) is 5.92. The second kappa shape index (κ2) is 6.77. The molecule has 0 heterocycles. The average molecular weight is 358 g/mol. The van der Waals surface area contributed by atoms with Gasteiger partial charge >= 0.3 is 0 Å². The van der Waals surface area contributed by atoms with Gasteiger partial charge in [0.25, 0.3) is 5.91 Å². The number of amides is 1. The van der Waals surface area contributed by atoms with Crippen molar-refractivity contribution in [3.63, 3.8) is 0 Å². The van der Waals surface area contributed by atoms with Gasteiger partial charge in [-0.2, -0.15) is 0 Å². The third kappa shape index (κ3) is 3.76. The zero-order valence-electron chi connectivity index (χ0n) is 12.4. The monoisotopic (exact) mass is 357 g/mol. The van der Waals surface area contributed by atoms with E-state index in [9.17, 15) is 9.18 Å². The Hall–Kier alpha value is -1.10. The summed E-state index contributed by atoms with van der Waals surface area (Å²) in [5.41, 5.74) is -0.212. The van der Waals surface area contributed by atoms with Crippen LogP contribution in [-0.2, 0) is 0 Å². The van der Waals surface area contributed by atoms with E-state index in [0.29, 0.717) is 17.0 Å². The molecule has 2 rings (SSSR count). The molecular weight excluding hydrogens is 337 g/mol. The zero-order valence-corrected chi connectivity index (χ0v) is 14.0. The Labute approximate surface area is 133 Å². The van der Waals surface area contributed by atoms with Crippen LogP contribution in [0, 0.1) is 11.7 Å². The van der Waals surface area contributed by atoms with Crippen molar-refractivity contribution in [1.82, 2.24) is 5.32 Å². The van der Waals surface area contributed by atoms with E-state index >= 15 is 0 Å². The van der Waals surface area contributed by atoms with Crippen molar-refractivity contribution in [2.45, 2.75) is 38.1 Å². The van der Waals surface area contributed by atoms with Gasteiger partial charge in [-0.15, -0.1) is 0 Å². The molecule has 3 nitrogen and oxygen atoms in total. The van der Waals surface area contributed by atoms with E-state index in [4.69, 9.17) is 4.74 Å². The number of benzene rings is 1. The van der Waals surface area contributed by atoms with Crippen LogP contribution < -0.4 is 10.1 Å². The summed E-state index contributed by atoms with van der Waals surface area (Å²) < 4.78 is 19.0. The Bertz CT molecular complexity index is 523. The maximum atomic E-state index is 14.0. The van der Waals surface area contributed by atoms with Crippen molar-refractivity contribution in [3.05, 3.63) is 29.6 Å². The van der Waals surface area contributed by atoms with Crippen molar-refractivity contribution >= 4 is 21.8 Å².